The Balaban J connectivity index is 1.45. The molecule has 1 aliphatic heterocycles. The largest absolute Gasteiger partial charge is 0.394 e. The van der Waals surface area contributed by atoms with Gasteiger partial charge in [0.15, 0.2) is 0 Å². The van der Waals surface area contributed by atoms with Crippen molar-refractivity contribution in [2.45, 2.75) is 58.8 Å². The zero-order valence-electron chi connectivity index (χ0n) is 27.2. The van der Waals surface area contributed by atoms with Crippen molar-refractivity contribution in [2.24, 2.45) is 5.41 Å². The number of aryl methyl sites for hydroxylation is 1. The van der Waals surface area contributed by atoms with Gasteiger partial charge in [-0.3, -0.25) is 14.4 Å². The third-order valence-electron chi connectivity index (χ3n) is 7.30. The Hall–Kier alpha value is -2.98. The van der Waals surface area contributed by atoms with Gasteiger partial charge in [-0.25, -0.2) is 4.98 Å². The van der Waals surface area contributed by atoms with Crippen LogP contribution in [0.3, 0.4) is 0 Å². The van der Waals surface area contributed by atoms with Crippen molar-refractivity contribution in [2.75, 3.05) is 66.0 Å². The van der Waals surface area contributed by atoms with E-state index < -0.39 is 35.4 Å². The molecule has 0 saturated carbocycles. The SMILES string of the molecule is Cc1ncsc1-c1ccc(CNC(=O)[C@@H]2C[C@@H](O)CN2C(=O)[C@@H](NC(=O)COCCOCCOCCOCCO)C(C)(C)C)cc1. The van der Waals surface area contributed by atoms with Gasteiger partial charge in [0.2, 0.25) is 17.7 Å². The molecular formula is C32H48N4O9S. The Morgan fingerprint density at radius 3 is 2.17 bits per heavy atom. The summed E-state index contributed by atoms with van der Waals surface area (Å²) >= 11 is 1.57. The first kappa shape index (κ1) is 37.5. The Bertz CT molecular complexity index is 1230. The molecule has 256 valence electrons. The van der Waals surface area contributed by atoms with Gasteiger partial charge in [-0.15, -0.1) is 11.3 Å². The van der Waals surface area contributed by atoms with Crippen molar-refractivity contribution in [1.29, 1.82) is 0 Å². The number of carbonyl (C=O) groups excluding carboxylic acids is 3. The predicted molar refractivity (Wildman–Crippen MR) is 172 cm³/mol. The normalized spacial score (nSPS) is 17.2. The zero-order valence-corrected chi connectivity index (χ0v) is 28.0. The molecule has 0 aliphatic carbocycles. The van der Waals surface area contributed by atoms with Crippen LogP contribution in [0, 0.1) is 12.3 Å². The first-order valence-electron chi connectivity index (χ1n) is 15.5. The minimum Gasteiger partial charge on any atom is -0.394 e. The van der Waals surface area contributed by atoms with Crippen LogP contribution in [0.4, 0.5) is 0 Å². The van der Waals surface area contributed by atoms with Crippen molar-refractivity contribution in [1.82, 2.24) is 20.5 Å². The third-order valence-corrected chi connectivity index (χ3v) is 8.27. The van der Waals surface area contributed by atoms with E-state index in [9.17, 15) is 19.5 Å². The van der Waals surface area contributed by atoms with Crippen molar-refractivity contribution in [3.63, 3.8) is 0 Å². The number of amides is 3. The van der Waals surface area contributed by atoms with Gasteiger partial charge in [-0.2, -0.15) is 0 Å². The maximum atomic E-state index is 13.7. The summed E-state index contributed by atoms with van der Waals surface area (Å²) < 4.78 is 21.3. The molecule has 4 N–H and O–H groups in total. The number of benzene rings is 1. The summed E-state index contributed by atoms with van der Waals surface area (Å²) in [4.78, 5) is 46.5. The van der Waals surface area contributed by atoms with Gasteiger partial charge in [0.05, 0.1) is 75.0 Å². The van der Waals surface area contributed by atoms with Crippen LogP contribution >= 0.6 is 11.3 Å². The van der Waals surface area contributed by atoms with Crippen LogP contribution in [0.2, 0.25) is 0 Å². The number of nitrogens with one attached hydrogen (secondary N) is 2. The lowest BCUT2D eigenvalue weighted by Gasteiger charge is -2.35. The second-order valence-electron chi connectivity index (χ2n) is 12.1. The molecule has 0 bridgehead atoms. The predicted octanol–water partition coefficient (Wildman–Crippen LogP) is 1.29. The van der Waals surface area contributed by atoms with E-state index in [1.54, 1.807) is 11.3 Å². The second-order valence-corrected chi connectivity index (χ2v) is 12.9. The minimum absolute atomic E-state index is 0.00446. The maximum Gasteiger partial charge on any atom is 0.246 e. The van der Waals surface area contributed by atoms with Crippen LogP contribution < -0.4 is 10.6 Å². The molecule has 3 atom stereocenters. The van der Waals surface area contributed by atoms with Crippen LogP contribution in [-0.2, 0) is 39.9 Å². The van der Waals surface area contributed by atoms with Gasteiger partial charge in [0.25, 0.3) is 0 Å². The van der Waals surface area contributed by atoms with Gasteiger partial charge >= 0.3 is 0 Å². The lowest BCUT2D eigenvalue weighted by molar-refractivity contribution is -0.144. The molecular weight excluding hydrogens is 616 g/mol. The summed E-state index contributed by atoms with van der Waals surface area (Å²) in [6.07, 6.45) is -0.747. The lowest BCUT2D eigenvalue weighted by Crippen LogP contribution is -2.58. The minimum atomic E-state index is -0.943. The summed E-state index contributed by atoms with van der Waals surface area (Å²) in [5.41, 5.74) is 4.05. The molecule has 2 heterocycles. The van der Waals surface area contributed by atoms with Crippen molar-refractivity contribution < 1.29 is 43.5 Å². The summed E-state index contributed by atoms with van der Waals surface area (Å²) in [6.45, 7) is 9.65. The van der Waals surface area contributed by atoms with Gasteiger partial charge < -0.3 is 44.7 Å². The van der Waals surface area contributed by atoms with Crippen molar-refractivity contribution >= 4 is 29.1 Å². The second kappa shape index (κ2) is 19.0. The molecule has 0 radical (unpaired) electrons. The topological polar surface area (TPSA) is 169 Å². The molecule has 1 aromatic carbocycles. The summed E-state index contributed by atoms with van der Waals surface area (Å²) in [7, 11) is 0. The number of aliphatic hydroxyl groups is 2. The number of thiazole rings is 1. The van der Waals surface area contributed by atoms with Gasteiger partial charge in [-0.05, 0) is 23.5 Å². The fourth-order valence-corrected chi connectivity index (χ4v) is 5.68. The molecule has 14 heteroatoms. The highest BCUT2D eigenvalue weighted by molar-refractivity contribution is 7.13. The van der Waals surface area contributed by atoms with Crippen LogP contribution in [-0.4, -0.2) is 122 Å². The number of rotatable bonds is 19. The standard InChI is InChI=1S/C32H48N4O9S/c1-22-28(46-21-34-22)24-7-5-23(6-8-24)18-33-30(40)26-17-25(38)19-36(26)31(41)29(32(2,3)4)35-27(39)20-45-16-15-44-14-13-43-12-11-42-10-9-37/h5-8,21,25-26,29,37-38H,9-20H2,1-4H3,(H,33,40)(H,35,39)/t25-,26+,29-/m1/s1. The van der Waals surface area contributed by atoms with E-state index in [-0.39, 0.29) is 58.5 Å². The Labute approximate surface area is 274 Å². The molecule has 0 unspecified atom stereocenters. The Kier molecular flexibility index (Phi) is 15.5. The highest BCUT2D eigenvalue weighted by Gasteiger charge is 2.44. The van der Waals surface area contributed by atoms with E-state index in [2.05, 4.69) is 15.6 Å². The first-order chi connectivity index (χ1) is 22.0. The number of likely N-dealkylation sites (tertiary alicyclic amines) is 1. The van der Waals surface area contributed by atoms with Crippen LogP contribution in [0.25, 0.3) is 10.4 Å². The van der Waals surface area contributed by atoms with Crippen LogP contribution in [0.5, 0.6) is 0 Å². The van der Waals surface area contributed by atoms with Gasteiger partial charge in [0.1, 0.15) is 18.7 Å². The van der Waals surface area contributed by atoms with Gasteiger partial charge in [0, 0.05) is 19.5 Å². The number of hydrogen-bond donors (Lipinski definition) is 4. The van der Waals surface area contributed by atoms with Gasteiger partial charge in [-0.1, -0.05) is 45.0 Å². The molecule has 13 nitrogen and oxygen atoms in total. The highest BCUT2D eigenvalue weighted by Crippen LogP contribution is 2.28. The molecule has 1 aliphatic rings. The number of carbonyl (C=O) groups is 3. The van der Waals surface area contributed by atoms with Crippen molar-refractivity contribution in [3.05, 3.63) is 41.0 Å². The van der Waals surface area contributed by atoms with E-state index in [1.807, 2.05) is 57.5 Å². The third kappa shape index (κ3) is 12.0. The number of hydrogen-bond acceptors (Lipinski definition) is 11. The molecule has 1 fully saturated rings. The quantitative estimate of drug-likeness (QED) is 0.161. The molecule has 46 heavy (non-hydrogen) atoms. The number of ether oxygens (including phenoxy) is 4. The van der Waals surface area contributed by atoms with E-state index in [0.29, 0.717) is 26.4 Å². The average molecular weight is 665 g/mol. The number of aliphatic hydroxyl groups excluding tert-OH is 2. The number of β-amino-alcohol motifs (C(OH)–C–C–N with tert-alkyl or cyclic N) is 1. The first-order valence-corrected chi connectivity index (χ1v) is 16.4. The number of nitrogens with zero attached hydrogens (tertiary/aromatic N) is 2. The van der Waals surface area contributed by atoms with Crippen LogP contribution in [0.1, 0.15) is 38.4 Å². The fraction of sp³-hybridized carbons (Fsp3) is 0.625. The molecule has 1 aromatic heterocycles. The Morgan fingerprint density at radius 1 is 1.00 bits per heavy atom. The summed E-state index contributed by atoms with van der Waals surface area (Å²) in [6, 6.07) is 6.04. The molecule has 1 saturated heterocycles. The summed E-state index contributed by atoms with van der Waals surface area (Å²) in [5, 5.41) is 24.7. The molecule has 3 rings (SSSR count). The monoisotopic (exact) mass is 664 g/mol. The fourth-order valence-electron chi connectivity index (χ4n) is 4.87. The molecule has 3 amide bonds. The number of aromatic nitrogens is 1. The maximum absolute atomic E-state index is 13.7. The lowest BCUT2D eigenvalue weighted by atomic mass is 9.85. The zero-order chi connectivity index (χ0) is 33.5. The summed E-state index contributed by atoms with van der Waals surface area (Å²) in [5.74, 6) is -1.28. The van der Waals surface area contributed by atoms with Crippen molar-refractivity contribution in [3.8, 4) is 10.4 Å². The Morgan fingerprint density at radius 2 is 1.61 bits per heavy atom. The average Bonchev–Trinajstić information content (AvgIpc) is 3.63. The highest BCUT2D eigenvalue weighted by atomic mass is 32.1. The smallest absolute Gasteiger partial charge is 0.246 e. The molecule has 0 spiro atoms. The van der Waals surface area contributed by atoms with E-state index >= 15 is 0 Å². The van der Waals surface area contributed by atoms with E-state index in [4.69, 9.17) is 24.1 Å². The van der Waals surface area contributed by atoms with E-state index in [0.717, 1.165) is 21.7 Å². The van der Waals surface area contributed by atoms with Crippen LogP contribution in [0.15, 0.2) is 29.8 Å². The van der Waals surface area contributed by atoms with E-state index in [1.165, 1.54) is 4.90 Å². The molecule has 2 aromatic rings.